The molecule has 0 spiro atoms. The van der Waals surface area contributed by atoms with Crippen LogP contribution in [0.3, 0.4) is 0 Å². The van der Waals surface area contributed by atoms with Crippen molar-refractivity contribution in [3.63, 3.8) is 0 Å². The summed E-state index contributed by atoms with van der Waals surface area (Å²) in [6.45, 7) is 0.813. The Labute approximate surface area is 158 Å². The third kappa shape index (κ3) is 4.21. The van der Waals surface area contributed by atoms with E-state index in [0.717, 1.165) is 36.4 Å². The van der Waals surface area contributed by atoms with Crippen LogP contribution >= 0.6 is 0 Å². The number of nitrogens with zero attached hydrogens (tertiary/aromatic N) is 2. The van der Waals surface area contributed by atoms with Crippen LogP contribution in [0.4, 0.5) is 17.6 Å². The Balaban J connectivity index is 1.60. The topological polar surface area (TPSA) is 40.6 Å². The van der Waals surface area contributed by atoms with Crippen molar-refractivity contribution < 1.29 is 27.2 Å². The molecule has 146 valence electrons. The van der Waals surface area contributed by atoms with Crippen molar-refractivity contribution in [3.8, 4) is 0 Å². The Morgan fingerprint density at radius 3 is 2.00 bits per heavy atom. The number of hydrogen-bond donors (Lipinski definition) is 0. The molecule has 3 rings (SSSR count). The van der Waals surface area contributed by atoms with Crippen molar-refractivity contribution in [1.29, 1.82) is 0 Å². The van der Waals surface area contributed by atoms with Crippen LogP contribution in [0.25, 0.3) is 6.08 Å². The molecule has 1 saturated heterocycles. The third-order valence-electron chi connectivity index (χ3n) is 4.44. The second-order valence-corrected chi connectivity index (χ2v) is 6.22. The molecule has 0 unspecified atom stereocenters. The van der Waals surface area contributed by atoms with Crippen LogP contribution in [0.5, 0.6) is 0 Å². The van der Waals surface area contributed by atoms with Crippen LogP contribution in [0.2, 0.25) is 0 Å². The van der Waals surface area contributed by atoms with Gasteiger partial charge in [-0.3, -0.25) is 9.59 Å². The smallest absolute Gasteiger partial charge is 0.254 e. The van der Waals surface area contributed by atoms with Crippen molar-refractivity contribution >= 4 is 17.9 Å². The van der Waals surface area contributed by atoms with Gasteiger partial charge in [0.25, 0.3) is 5.91 Å². The number of carbonyl (C=O) groups is 2. The van der Waals surface area contributed by atoms with Gasteiger partial charge in [0.1, 0.15) is 11.6 Å². The summed E-state index contributed by atoms with van der Waals surface area (Å²) in [4.78, 5) is 27.4. The lowest BCUT2D eigenvalue weighted by Gasteiger charge is -2.34. The van der Waals surface area contributed by atoms with Gasteiger partial charge in [-0.05, 0) is 36.4 Å². The second kappa shape index (κ2) is 8.24. The van der Waals surface area contributed by atoms with E-state index in [1.807, 2.05) is 0 Å². The monoisotopic (exact) mass is 392 g/mol. The molecule has 4 nitrogen and oxygen atoms in total. The van der Waals surface area contributed by atoms with E-state index in [4.69, 9.17) is 0 Å². The molecule has 0 N–H and O–H groups in total. The third-order valence-corrected chi connectivity index (χ3v) is 4.44. The fraction of sp³-hybridized carbons (Fsp3) is 0.200. The van der Waals surface area contributed by atoms with Crippen molar-refractivity contribution in [3.05, 3.63) is 76.9 Å². The van der Waals surface area contributed by atoms with E-state index in [0.29, 0.717) is 0 Å². The molecule has 1 aliphatic rings. The lowest BCUT2D eigenvalue weighted by molar-refractivity contribution is -0.127. The molecule has 8 heteroatoms. The molecule has 1 aliphatic heterocycles. The maximum atomic E-state index is 13.6. The summed E-state index contributed by atoms with van der Waals surface area (Å²) in [6.07, 6.45) is 2.15. The summed E-state index contributed by atoms with van der Waals surface area (Å²) in [7, 11) is 0. The van der Waals surface area contributed by atoms with E-state index >= 15 is 0 Å². The number of benzene rings is 2. The zero-order valence-corrected chi connectivity index (χ0v) is 14.7. The van der Waals surface area contributed by atoms with E-state index in [1.165, 1.54) is 21.9 Å². The fourth-order valence-corrected chi connectivity index (χ4v) is 2.87. The number of halogens is 4. The zero-order chi connectivity index (χ0) is 20.3. The first kappa shape index (κ1) is 19.6. The van der Waals surface area contributed by atoms with Gasteiger partial charge in [-0.15, -0.1) is 0 Å². The minimum atomic E-state index is -1.11. The van der Waals surface area contributed by atoms with Crippen molar-refractivity contribution in [2.24, 2.45) is 0 Å². The highest BCUT2D eigenvalue weighted by Crippen LogP contribution is 2.15. The molecular formula is C20H16F4N2O2. The average molecular weight is 392 g/mol. The molecule has 0 aromatic heterocycles. The highest BCUT2D eigenvalue weighted by molar-refractivity contribution is 5.95. The van der Waals surface area contributed by atoms with Gasteiger partial charge in [-0.1, -0.05) is 6.07 Å². The molecular weight excluding hydrogens is 376 g/mol. The second-order valence-electron chi connectivity index (χ2n) is 6.22. The minimum absolute atomic E-state index is 0.0219. The first-order valence-electron chi connectivity index (χ1n) is 8.52. The van der Waals surface area contributed by atoms with Gasteiger partial charge in [-0.25, -0.2) is 17.6 Å². The molecule has 28 heavy (non-hydrogen) atoms. The summed E-state index contributed by atoms with van der Waals surface area (Å²) in [6, 6.07) is 6.33. The van der Waals surface area contributed by atoms with E-state index in [2.05, 4.69) is 0 Å². The Kier molecular flexibility index (Phi) is 5.77. The van der Waals surface area contributed by atoms with Crippen LogP contribution < -0.4 is 0 Å². The summed E-state index contributed by atoms with van der Waals surface area (Å²) < 4.78 is 53.5. The molecule has 0 bridgehead atoms. The minimum Gasteiger partial charge on any atom is -0.336 e. The summed E-state index contributed by atoms with van der Waals surface area (Å²) in [5, 5.41) is 0. The highest BCUT2D eigenvalue weighted by atomic mass is 19.2. The number of piperazine rings is 1. The Morgan fingerprint density at radius 1 is 0.786 bits per heavy atom. The van der Waals surface area contributed by atoms with Gasteiger partial charge >= 0.3 is 0 Å². The highest BCUT2D eigenvalue weighted by Gasteiger charge is 2.24. The van der Waals surface area contributed by atoms with Crippen LogP contribution in [0, 0.1) is 23.3 Å². The Bertz CT molecular complexity index is 918. The molecule has 0 radical (unpaired) electrons. The quantitative estimate of drug-likeness (QED) is 0.595. The van der Waals surface area contributed by atoms with Crippen molar-refractivity contribution in [1.82, 2.24) is 9.80 Å². The average Bonchev–Trinajstić information content (AvgIpc) is 2.69. The van der Waals surface area contributed by atoms with Gasteiger partial charge < -0.3 is 9.80 Å². The lowest BCUT2D eigenvalue weighted by Crippen LogP contribution is -2.50. The van der Waals surface area contributed by atoms with Gasteiger partial charge in [0.2, 0.25) is 5.91 Å². The molecule has 0 aliphatic carbocycles. The maximum absolute atomic E-state index is 13.6. The summed E-state index contributed by atoms with van der Waals surface area (Å²) in [5.41, 5.74) is -0.281. The summed E-state index contributed by atoms with van der Waals surface area (Å²) >= 11 is 0. The van der Waals surface area contributed by atoms with Crippen LogP contribution in [-0.2, 0) is 4.79 Å². The van der Waals surface area contributed by atoms with Crippen LogP contribution in [0.1, 0.15) is 15.9 Å². The molecule has 1 fully saturated rings. The largest absolute Gasteiger partial charge is 0.336 e. The van der Waals surface area contributed by atoms with Crippen LogP contribution in [0.15, 0.2) is 42.5 Å². The number of amides is 2. The molecule has 0 atom stereocenters. The van der Waals surface area contributed by atoms with Crippen molar-refractivity contribution in [2.45, 2.75) is 0 Å². The van der Waals surface area contributed by atoms with Crippen LogP contribution in [-0.4, -0.2) is 47.8 Å². The van der Waals surface area contributed by atoms with E-state index in [9.17, 15) is 27.2 Å². The first-order chi connectivity index (χ1) is 13.4. The zero-order valence-electron chi connectivity index (χ0n) is 14.7. The Hall–Kier alpha value is -3.16. The SMILES string of the molecule is O=C(/C=C/c1c(F)cccc1F)N1CCN(C(=O)c2ccc(F)c(F)c2)CC1. The standard InChI is InChI=1S/C20H16F4N2O2/c21-15-2-1-3-16(22)14(15)5-7-19(27)25-8-10-26(11-9-25)20(28)13-4-6-17(23)18(24)12-13/h1-7,12H,8-11H2/b7-5+. The molecule has 1 heterocycles. The van der Waals surface area contributed by atoms with Crippen molar-refractivity contribution in [2.75, 3.05) is 26.2 Å². The molecule has 0 saturated carbocycles. The van der Waals surface area contributed by atoms with E-state index < -0.39 is 35.1 Å². The molecule has 2 amide bonds. The number of hydrogen-bond acceptors (Lipinski definition) is 2. The lowest BCUT2D eigenvalue weighted by atomic mass is 10.1. The van der Waals surface area contributed by atoms with E-state index in [1.54, 1.807) is 0 Å². The first-order valence-corrected chi connectivity index (χ1v) is 8.52. The number of rotatable bonds is 3. The predicted octanol–water partition coefficient (Wildman–Crippen LogP) is 3.24. The Morgan fingerprint density at radius 2 is 1.39 bits per heavy atom. The van der Waals surface area contributed by atoms with E-state index in [-0.39, 0.29) is 37.3 Å². The maximum Gasteiger partial charge on any atom is 0.254 e. The molecule has 2 aromatic rings. The number of carbonyl (C=O) groups excluding carboxylic acids is 2. The van der Waals surface area contributed by atoms with Gasteiger partial charge in [0, 0.05) is 43.4 Å². The predicted molar refractivity (Wildman–Crippen MR) is 94.2 cm³/mol. The van der Waals surface area contributed by atoms with Gasteiger partial charge in [0.05, 0.1) is 0 Å². The normalized spacial score (nSPS) is 14.6. The summed E-state index contributed by atoms with van der Waals surface area (Å²) in [5.74, 6) is -4.59. The van der Waals surface area contributed by atoms with Gasteiger partial charge in [-0.2, -0.15) is 0 Å². The molecule has 2 aromatic carbocycles. The fourth-order valence-electron chi connectivity index (χ4n) is 2.87. The van der Waals surface area contributed by atoms with Gasteiger partial charge in [0.15, 0.2) is 11.6 Å².